The summed E-state index contributed by atoms with van der Waals surface area (Å²) in [5, 5.41) is 28.6. The summed E-state index contributed by atoms with van der Waals surface area (Å²) in [4.78, 5) is 135. The number of imide groups is 1. The summed E-state index contributed by atoms with van der Waals surface area (Å²) in [6.45, 7) is 5.25. The Bertz CT molecular complexity index is 1880. The maximum absolute atomic E-state index is 13.5. The van der Waals surface area contributed by atoms with E-state index in [0.717, 1.165) is 23.6 Å². The van der Waals surface area contributed by atoms with Gasteiger partial charge in [-0.3, -0.25) is 43.3 Å². The smallest absolute Gasteiger partial charge is 0.407 e. The molecule has 1 aliphatic heterocycles. The molecule has 1 heterocycles. The molecule has 0 aliphatic carbocycles. The average Bonchev–Trinajstić information content (AvgIpc) is 3.49. The summed E-state index contributed by atoms with van der Waals surface area (Å²) in [6, 6.07) is 0.280. The molecular weight excluding hydrogens is 865 g/mol. The Balaban J connectivity index is 1.96. The zero-order valence-electron chi connectivity index (χ0n) is 36.3. The lowest BCUT2D eigenvalue weighted by molar-refractivity contribution is -0.141. The zero-order valence-corrected chi connectivity index (χ0v) is 37.1. The highest BCUT2D eigenvalue weighted by Gasteiger charge is 2.39. The van der Waals surface area contributed by atoms with Crippen LogP contribution in [-0.4, -0.2) is 144 Å². The van der Waals surface area contributed by atoms with E-state index in [1.807, 2.05) is 0 Å². The highest BCUT2D eigenvalue weighted by molar-refractivity contribution is 8.00. The fourth-order valence-corrected chi connectivity index (χ4v) is 7.00. The number of urea groups is 1. The van der Waals surface area contributed by atoms with Crippen LogP contribution in [0.1, 0.15) is 65.4 Å². The Morgan fingerprint density at radius 1 is 0.875 bits per heavy atom. The van der Waals surface area contributed by atoms with Crippen LogP contribution >= 0.6 is 11.8 Å². The summed E-state index contributed by atoms with van der Waals surface area (Å²) < 4.78 is 10.9. The van der Waals surface area contributed by atoms with Crippen molar-refractivity contribution >= 4 is 82.8 Å². The monoisotopic (exact) mass is 922 g/mol. The highest BCUT2D eigenvalue weighted by atomic mass is 32.2. The first-order valence-electron chi connectivity index (χ1n) is 20.2. The van der Waals surface area contributed by atoms with Gasteiger partial charge in [0, 0.05) is 83.0 Å². The van der Waals surface area contributed by atoms with Gasteiger partial charge in [-0.05, 0) is 37.3 Å². The molecule has 11 N–H and O–H groups in total. The van der Waals surface area contributed by atoms with Crippen molar-refractivity contribution in [3.8, 4) is 5.75 Å². The van der Waals surface area contributed by atoms with Crippen LogP contribution in [0.25, 0.3) is 0 Å². The van der Waals surface area contributed by atoms with E-state index in [1.54, 1.807) is 13.8 Å². The number of hydrogen-bond donors (Lipinski definition) is 10. The van der Waals surface area contributed by atoms with Gasteiger partial charge in [0.25, 0.3) is 5.91 Å². The van der Waals surface area contributed by atoms with Crippen molar-refractivity contribution in [2.45, 2.75) is 89.8 Å². The number of ether oxygens (including phenoxy) is 2. The van der Waals surface area contributed by atoms with Crippen LogP contribution in [0, 0.1) is 5.92 Å². The lowest BCUT2D eigenvalue weighted by Crippen LogP contribution is -2.54. The molecule has 1 saturated heterocycles. The Hall–Kier alpha value is -6.66. The molecule has 1 unspecified atom stereocenters. The number of amides is 11. The van der Waals surface area contributed by atoms with Gasteiger partial charge >= 0.3 is 18.1 Å². The van der Waals surface area contributed by atoms with Crippen LogP contribution < -0.4 is 53.0 Å². The molecular formula is C39H58N10O14S. The standard InChI is InChI=1S/C39H58N10O14S/c1-21(2)33(46-23(4)51)35(56)48-26(8-6-12-44-38(40)60)34(55)47-25-10-9-24(18-63-39(61)41-5)28(16-25)62-19-31(53)43-14-7-13-42-30(52)11-15-49-32(54)17-29(36(49)57)64-20-27(37(58)59)45-22(3)50/h9-10,16,21,26-27,29,33H,6-8,11-15,17-20H2,1-5H3,(H,41,61)(H,42,52)(H,43,53)(H,45,50)(H,46,51)(H,47,55)(H,48,56)(H,58,59)(H3,40,44,60)/t26-,27-,29?,33-/m0/s1. The van der Waals surface area contributed by atoms with E-state index in [2.05, 4.69) is 42.5 Å². The third-order valence-corrected chi connectivity index (χ3v) is 10.4. The van der Waals surface area contributed by atoms with Gasteiger partial charge in [-0.15, -0.1) is 11.8 Å². The highest BCUT2D eigenvalue weighted by Crippen LogP contribution is 2.27. The molecule has 0 spiro atoms. The molecule has 0 aromatic heterocycles. The molecule has 0 radical (unpaired) electrons. The Labute approximate surface area is 373 Å². The predicted octanol–water partition coefficient (Wildman–Crippen LogP) is -1.58. The molecule has 4 atom stereocenters. The lowest BCUT2D eigenvalue weighted by atomic mass is 10.0. The number of likely N-dealkylation sites (tertiary alicyclic amines) is 1. The number of anilines is 1. The van der Waals surface area contributed by atoms with Crippen molar-refractivity contribution in [2.24, 2.45) is 11.7 Å². The Kier molecular flexibility index (Phi) is 22.9. The fraction of sp³-hybridized carbons (Fsp3) is 0.564. The minimum absolute atomic E-state index is 0.0650. The number of alkyl carbamates (subject to hydrolysis) is 1. The number of nitrogens with one attached hydrogen (secondary N) is 8. The summed E-state index contributed by atoms with van der Waals surface area (Å²) in [6.07, 6.45) is -0.499. The largest absolute Gasteiger partial charge is 0.483 e. The second-order valence-corrected chi connectivity index (χ2v) is 15.9. The first-order valence-corrected chi connectivity index (χ1v) is 21.3. The molecule has 1 aromatic carbocycles. The van der Waals surface area contributed by atoms with Gasteiger partial charge in [0.2, 0.25) is 41.4 Å². The zero-order chi connectivity index (χ0) is 47.9. The van der Waals surface area contributed by atoms with Crippen LogP contribution in [0.3, 0.4) is 0 Å². The quantitative estimate of drug-likeness (QED) is 0.0352. The minimum Gasteiger partial charge on any atom is -0.483 e. The normalized spacial score (nSPS) is 14.6. The summed E-state index contributed by atoms with van der Waals surface area (Å²) >= 11 is 0.932. The number of carbonyl (C=O) groups excluding carboxylic acids is 10. The van der Waals surface area contributed by atoms with Gasteiger partial charge in [-0.25, -0.2) is 14.4 Å². The van der Waals surface area contributed by atoms with Gasteiger partial charge in [0.1, 0.15) is 30.5 Å². The number of carboxylic acids is 1. The summed E-state index contributed by atoms with van der Waals surface area (Å²) in [5.41, 5.74) is 5.65. The first kappa shape index (κ1) is 53.5. The maximum atomic E-state index is 13.5. The molecule has 1 aliphatic rings. The molecule has 64 heavy (non-hydrogen) atoms. The van der Waals surface area contributed by atoms with E-state index < -0.39 is 95.3 Å². The van der Waals surface area contributed by atoms with Gasteiger partial charge < -0.3 is 62.8 Å². The SMILES string of the molecule is CNC(=O)OCc1ccc(NC(=O)[C@H](CCCNC(N)=O)NC(=O)[C@@H](NC(C)=O)C(C)C)cc1OCC(=O)NCCCNC(=O)CCN1C(=O)CC(SC[C@H](NC(C)=O)C(=O)O)C1=O. The lowest BCUT2D eigenvalue weighted by Gasteiger charge is -2.25. The fourth-order valence-electron chi connectivity index (χ4n) is 5.82. The van der Waals surface area contributed by atoms with Crippen LogP contribution in [0.4, 0.5) is 15.3 Å². The number of carboxylic acid groups (broad SMARTS) is 1. The molecule has 0 saturated carbocycles. The van der Waals surface area contributed by atoms with E-state index in [4.69, 9.17) is 15.2 Å². The van der Waals surface area contributed by atoms with E-state index in [-0.39, 0.29) is 81.6 Å². The van der Waals surface area contributed by atoms with Crippen molar-refractivity contribution in [1.29, 1.82) is 0 Å². The summed E-state index contributed by atoms with van der Waals surface area (Å²) in [5.74, 6) is -6.01. The summed E-state index contributed by atoms with van der Waals surface area (Å²) in [7, 11) is 1.36. The number of hydrogen-bond acceptors (Lipinski definition) is 14. The average molecular weight is 923 g/mol. The number of nitrogens with two attached hydrogens (primary N) is 1. The molecule has 354 valence electrons. The van der Waals surface area contributed by atoms with Crippen molar-refractivity contribution in [3.05, 3.63) is 23.8 Å². The van der Waals surface area contributed by atoms with Crippen molar-refractivity contribution in [3.63, 3.8) is 0 Å². The number of thioether (sulfide) groups is 1. The third kappa shape index (κ3) is 19.6. The Morgan fingerprint density at radius 2 is 1.53 bits per heavy atom. The van der Waals surface area contributed by atoms with Gasteiger partial charge in [-0.2, -0.15) is 0 Å². The van der Waals surface area contributed by atoms with E-state index in [0.29, 0.717) is 12.0 Å². The molecule has 25 heteroatoms. The minimum atomic E-state index is -1.28. The Morgan fingerprint density at radius 3 is 2.14 bits per heavy atom. The molecule has 0 bridgehead atoms. The van der Waals surface area contributed by atoms with Crippen LogP contribution in [0.15, 0.2) is 18.2 Å². The number of primary amides is 1. The number of nitrogens with zero attached hydrogens (tertiary/aromatic N) is 1. The predicted molar refractivity (Wildman–Crippen MR) is 229 cm³/mol. The molecule has 1 aromatic rings. The number of benzene rings is 1. The second kappa shape index (κ2) is 27.4. The van der Waals surface area contributed by atoms with E-state index in [9.17, 15) is 57.8 Å². The van der Waals surface area contributed by atoms with Gasteiger partial charge in [0.05, 0.1) is 5.25 Å². The molecule has 11 amide bonds. The van der Waals surface area contributed by atoms with Crippen molar-refractivity contribution in [1.82, 2.24) is 42.1 Å². The number of rotatable bonds is 27. The molecule has 2 rings (SSSR count). The topological polar surface area (TPSA) is 352 Å². The maximum Gasteiger partial charge on any atom is 0.407 e. The molecule has 1 fully saturated rings. The van der Waals surface area contributed by atoms with Crippen molar-refractivity contribution < 1.29 is 67.3 Å². The van der Waals surface area contributed by atoms with Gasteiger partial charge in [0.15, 0.2) is 6.61 Å². The van der Waals surface area contributed by atoms with E-state index >= 15 is 0 Å². The second-order valence-electron chi connectivity index (χ2n) is 14.6. The number of carbonyl (C=O) groups is 11. The van der Waals surface area contributed by atoms with Crippen LogP contribution in [0.2, 0.25) is 0 Å². The molecule has 24 nitrogen and oxygen atoms in total. The number of aliphatic carboxylic acids is 1. The third-order valence-electron chi connectivity index (χ3n) is 9.07. The van der Waals surface area contributed by atoms with Crippen LogP contribution in [-0.2, 0) is 54.5 Å². The van der Waals surface area contributed by atoms with Gasteiger partial charge in [-0.1, -0.05) is 13.8 Å². The van der Waals surface area contributed by atoms with Crippen molar-refractivity contribution in [2.75, 3.05) is 50.9 Å². The van der Waals surface area contributed by atoms with E-state index in [1.165, 1.54) is 32.2 Å². The van der Waals surface area contributed by atoms with Crippen LogP contribution in [0.5, 0.6) is 5.75 Å². The first-order chi connectivity index (χ1) is 30.2.